The van der Waals surface area contributed by atoms with E-state index in [1.165, 1.54) is 16.7 Å². The first-order valence-electron chi connectivity index (χ1n) is 13.4. The van der Waals surface area contributed by atoms with E-state index in [4.69, 9.17) is 52.1 Å². The topological polar surface area (TPSA) is 26.0 Å². The molecule has 0 bridgehead atoms. The maximum absolute atomic E-state index is 6.29. The number of nitrogens with two attached hydrogens (primary N) is 1. The fraction of sp³-hybridized carbons (Fsp3) is 0.314. The molecule has 0 aromatic heterocycles. The minimum Gasteiger partial charge on any atom is -0.399 e. The smallest absolute Gasteiger partial charge is 0.0734 e. The Bertz CT molecular complexity index is 1410. The second kappa shape index (κ2) is 15.2. The van der Waals surface area contributed by atoms with Crippen LogP contribution in [0.15, 0.2) is 77.3 Å². The lowest BCUT2D eigenvalue weighted by atomic mass is 9.86. The first-order valence-corrected chi connectivity index (χ1v) is 15.7. The van der Waals surface area contributed by atoms with Gasteiger partial charge in [-0.3, -0.25) is 0 Å². The molecule has 0 spiro atoms. The summed E-state index contributed by atoms with van der Waals surface area (Å²) in [4.78, 5) is 0. The molecule has 0 unspecified atom stereocenters. The van der Waals surface area contributed by atoms with Crippen molar-refractivity contribution in [3.05, 3.63) is 131 Å². The number of anilines is 1. The lowest BCUT2D eigenvalue weighted by Crippen LogP contribution is -2.10. The zero-order valence-electron chi connectivity index (χ0n) is 25.1. The highest BCUT2D eigenvalue weighted by Crippen LogP contribution is 2.31. The van der Waals surface area contributed by atoms with Crippen LogP contribution in [0.5, 0.6) is 0 Å². The molecule has 0 radical (unpaired) electrons. The summed E-state index contributed by atoms with van der Waals surface area (Å²) in [6.45, 7) is 17.2. The van der Waals surface area contributed by atoms with Crippen molar-refractivity contribution < 1.29 is 0 Å². The minimum atomic E-state index is 0.183. The van der Waals surface area contributed by atoms with Crippen molar-refractivity contribution >= 4 is 68.0 Å². The second-order valence-corrected chi connectivity index (χ2v) is 14.7. The number of aryl methyl sites for hydroxylation is 2. The molecule has 1 nitrogen and oxygen atoms in total. The largest absolute Gasteiger partial charge is 0.399 e. The van der Waals surface area contributed by atoms with Crippen LogP contribution >= 0.6 is 62.3 Å². The molecule has 0 saturated heterocycles. The lowest BCUT2D eigenvalue weighted by molar-refractivity contribution is 0.590. The predicted molar refractivity (Wildman–Crippen MR) is 188 cm³/mol. The van der Waals surface area contributed by atoms with E-state index in [1.807, 2.05) is 44.2 Å². The molecule has 6 heteroatoms. The van der Waals surface area contributed by atoms with E-state index in [9.17, 15) is 0 Å². The molecule has 4 aromatic carbocycles. The fourth-order valence-corrected chi connectivity index (χ4v) is 5.47. The summed E-state index contributed by atoms with van der Waals surface area (Å²) >= 11 is 27.2. The quantitative estimate of drug-likeness (QED) is 0.164. The van der Waals surface area contributed by atoms with Crippen LogP contribution in [0.25, 0.3) is 0 Å². The first-order chi connectivity index (χ1) is 18.9. The van der Waals surface area contributed by atoms with E-state index < -0.39 is 0 Å². The average Bonchev–Trinajstić information content (AvgIpc) is 2.86. The van der Waals surface area contributed by atoms with Gasteiger partial charge in [0.1, 0.15) is 0 Å². The molecule has 0 atom stereocenters. The second-order valence-electron chi connectivity index (χ2n) is 12.3. The van der Waals surface area contributed by atoms with E-state index in [1.54, 1.807) is 0 Å². The van der Waals surface area contributed by atoms with Crippen LogP contribution in [0.3, 0.4) is 0 Å². The van der Waals surface area contributed by atoms with Gasteiger partial charge >= 0.3 is 0 Å². The third-order valence-corrected chi connectivity index (χ3v) is 8.86. The highest BCUT2D eigenvalue weighted by Gasteiger charge is 2.14. The molecule has 41 heavy (non-hydrogen) atoms. The van der Waals surface area contributed by atoms with Gasteiger partial charge in [-0.2, -0.15) is 0 Å². The highest BCUT2D eigenvalue weighted by atomic mass is 79.9. The minimum absolute atomic E-state index is 0.183. The molecule has 2 N–H and O–H groups in total. The first kappa shape index (κ1) is 35.5. The fourth-order valence-electron chi connectivity index (χ4n) is 3.93. The third kappa shape index (κ3) is 11.5. The normalized spacial score (nSPS) is 11.2. The highest BCUT2D eigenvalue weighted by molar-refractivity contribution is 9.10. The van der Waals surface area contributed by atoms with E-state index in [-0.39, 0.29) is 10.8 Å². The van der Waals surface area contributed by atoms with Gasteiger partial charge in [0.25, 0.3) is 0 Å². The Morgan fingerprint density at radius 3 is 1.46 bits per heavy atom. The summed E-state index contributed by atoms with van der Waals surface area (Å²) in [6, 6.07) is 24.5. The van der Waals surface area contributed by atoms with Crippen LogP contribution in [-0.4, -0.2) is 0 Å². The van der Waals surface area contributed by atoms with Crippen LogP contribution < -0.4 is 5.73 Å². The average molecular weight is 696 g/mol. The van der Waals surface area contributed by atoms with Crippen molar-refractivity contribution in [1.82, 2.24) is 0 Å². The summed E-state index contributed by atoms with van der Waals surface area (Å²) < 4.78 is 0.846. The molecule has 0 aliphatic rings. The van der Waals surface area contributed by atoms with Crippen LogP contribution in [0.4, 0.5) is 5.69 Å². The zero-order chi connectivity index (χ0) is 31.1. The van der Waals surface area contributed by atoms with Gasteiger partial charge < -0.3 is 5.73 Å². The molecule has 0 aliphatic heterocycles. The monoisotopic (exact) mass is 693 g/mol. The van der Waals surface area contributed by atoms with Crippen molar-refractivity contribution in [2.45, 2.75) is 72.6 Å². The Morgan fingerprint density at radius 1 is 0.610 bits per heavy atom. The van der Waals surface area contributed by atoms with E-state index in [2.05, 4.69) is 99.9 Å². The predicted octanol–water partition coefficient (Wildman–Crippen LogP) is 12.8. The molecule has 220 valence electrons. The number of rotatable bonds is 2. The third-order valence-electron chi connectivity index (χ3n) is 6.37. The van der Waals surface area contributed by atoms with Gasteiger partial charge in [-0.15, -0.1) is 0 Å². The van der Waals surface area contributed by atoms with Gasteiger partial charge in [-0.1, -0.05) is 130 Å². The molecule has 0 saturated carbocycles. The van der Waals surface area contributed by atoms with Gasteiger partial charge in [0.15, 0.2) is 0 Å². The standard InChI is InChI=1S/C18H20Cl2.C10H15N.C7H5BrCl2/c1-12-9-14(17(20)16(19)10-12)11-13-5-7-15(8-6-13)18(2,3)4;1-10(2,3)8-4-6-9(11)7-5-8;1-4-2-5(8)7(10)6(9)3-4/h5-10H,11H2,1-4H3;4-7H,11H2,1-3H3;2-3H,1H3. The van der Waals surface area contributed by atoms with Crippen LogP contribution in [-0.2, 0) is 17.3 Å². The van der Waals surface area contributed by atoms with Gasteiger partial charge in [0, 0.05) is 10.2 Å². The molecule has 0 amide bonds. The number of hydrogen-bond acceptors (Lipinski definition) is 1. The number of halogens is 5. The van der Waals surface area contributed by atoms with Gasteiger partial charge in [0.05, 0.1) is 20.1 Å². The van der Waals surface area contributed by atoms with Crippen LogP contribution in [0.2, 0.25) is 20.1 Å². The molecular formula is C35H40BrCl4N. The Balaban J connectivity index is 0.000000236. The number of nitrogen functional groups attached to an aromatic ring is 1. The van der Waals surface area contributed by atoms with Crippen LogP contribution in [0.1, 0.15) is 74.9 Å². The SMILES string of the molecule is CC(C)(C)c1ccc(N)cc1.Cc1cc(Cl)c(Cl)c(Br)c1.Cc1cc(Cl)c(Cl)c(Cc2ccc(C(C)(C)C)cc2)c1. The Morgan fingerprint density at radius 2 is 1.02 bits per heavy atom. The van der Waals surface area contributed by atoms with Crippen LogP contribution in [0, 0.1) is 13.8 Å². The number of benzene rings is 4. The van der Waals surface area contributed by atoms with E-state index >= 15 is 0 Å². The molecule has 0 fully saturated rings. The van der Waals surface area contributed by atoms with Gasteiger partial charge in [0.2, 0.25) is 0 Å². The Labute approximate surface area is 275 Å². The molecule has 0 heterocycles. The van der Waals surface area contributed by atoms with Crippen molar-refractivity contribution in [3.63, 3.8) is 0 Å². The maximum Gasteiger partial charge on any atom is 0.0734 e. The zero-order valence-corrected chi connectivity index (χ0v) is 29.7. The maximum atomic E-state index is 6.29. The van der Waals surface area contributed by atoms with E-state index in [0.29, 0.717) is 20.1 Å². The van der Waals surface area contributed by atoms with Gasteiger partial charge in [-0.05, 0) is 111 Å². The lowest BCUT2D eigenvalue weighted by Gasteiger charge is -2.19. The van der Waals surface area contributed by atoms with E-state index in [0.717, 1.165) is 33.3 Å². The summed E-state index contributed by atoms with van der Waals surface area (Å²) in [5.74, 6) is 0. The van der Waals surface area contributed by atoms with Crippen molar-refractivity contribution in [2.75, 3.05) is 5.73 Å². The summed E-state index contributed by atoms with van der Waals surface area (Å²) in [5, 5.41) is 2.46. The summed E-state index contributed by atoms with van der Waals surface area (Å²) in [5.41, 5.74) is 14.1. The van der Waals surface area contributed by atoms with Crippen molar-refractivity contribution in [3.8, 4) is 0 Å². The molecule has 4 aromatic rings. The molecular weight excluding hydrogens is 656 g/mol. The molecule has 4 rings (SSSR count). The van der Waals surface area contributed by atoms with Crippen molar-refractivity contribution in [2.24, 2.45) is 0 Å². The summed E-state index contributed by atoms with van der Waals surface area (Å²) in [6.07, 6.45) is 0.810. The van der Waals surface area contributed by atoms with Gasteiger partial charge in [-0.25, -0.2) is 0 Å². The summed E-state index contributed by atoms with van der Waals surface area (Å²) in [7, 11) is 0. The molecule has 0 aliphatic carbocycles. The van der Waals surface area contributed by atoms with Crippen molar-refractivity contribution in [1.29, 1.82) is 0 Å². The Kier molecular flexibility index (Phi) is 13.1. The number of hydrogen-bond donors (Lipinski definition) is 1. The Hall–Kier alpha value is -1.68.